The maximum Gasteiger partial charge on any atom is 0.242 e. The van der Waals surface area contributed by atoms with E-state index in [0.717, 1.165) is 29.4 Å². The molecule has 0 spiro atoms. The fourth-order valence-corrected chi connectivity index (χ4v) is 3.47. The number of aromatic nitrogens is 1. The Hall–Kier alpha value is -2.07. The molecule has 9 heteroatoms. The number of hydrogen-bond acceptors (Lipinski definition) is 4. The molecule has 2 aromatic rings. The van der Waals surface area contributed by atoms with Crippen LogP contribution in [-0.4, -0.2) is 67.4 Å². The molecule has 0 unspecified atom stereocenters. The number of carbonyl (C=O) groups is 1. The number of aliphatic imine (C=N–C) groups is 1. The number of guanidine groups is 1. The fourth-order valence-electron chi connectivity index (χ4n) is 3.34. The van der Waals surface area contributed by atoms with E-state index in [1.165, 1.54) is 0 Å². The van der Waals surface area contributed by atoms with Gasteiger partial charge in [0.25, 0.3) is 0 Å². The van der Waals surface area contributed by atoms with Crippen LogP contribution in [-0.2, 0) is 17.9 Å². The van der Waals surface area contributed by atoms with E-state index in [2.05, 4.69) is 15.3 Å². The number of amides is 1. The normalized spacial score (nSPS) is 14.4. The van der Waals surface area contributed by atoms with Crippen LogP contribution < -0.4 is 10.2 Å². The Kier molecular flexibility index (Phi) is 9.16. The summed E-state index contributed by atoms with van der Waals surface area (Å²) in [6.07, 6.45) is 1.78. The number of carbonyl (C=O) groups excluding carboxylic acids is 1. The van der Waals surface area contributed by atoms with E-state index in [1.54, 1.807) is 13.2 Å². The second-order valence-electron chi connectivity index (χ2n) is 7.14. The molecule has 2 heterocycles. The van der Waals surface area contributed by atoms with Crippen molar-refractivity contribution in [3.8, 4) is 0 Å². The molecule has 0 bridgehead atoms. The van der Waals surface area contributed by atoms with Crippen LogP contribution in [0.2, 0.25) is 5.02 Å². The van der Waals surface area contributed by atoms with Crippen molar-refractivity contribution >= 4 is 53.3 Å². The van der Waals surface area contributed by atoms with Gasteiger partial charge < -0.3 is 20.0 Å². The zero-order chi connectivity index (χ0) is 20.8. The predicted octanol–water partition coefficient (Wildman–Crippen LogP) is 2.84. The summed E-state index contributed by atoms with van der Waals surface area (Å²) < 4.78 is 0. The van der Waals surface area contributed by atoms with Gasteiger partial charge in [-0.15, -0.1) is 24.0 Å². The molecule has 0 aliphatic carbocycles. The lowest BCUT2D eigenvalue weighted by molar-refractivity contribution is -0.135. The smallest absolute Gasteiger partial charge is 0.242 e. The molecule has 30 heavy (non-hydrogen) atoms. The second kappa shape index (κ2) is 11.4. The van der Waals surface area contributed by atoms with Crippen LogP contribution in [0.5, 0.6) is 0 Å². The summed E-state index contributed by atoms with van der Waals surface area (Å²) in [6.45, 7) is 2.87. The third-order valence-electron chi connectivity index (χ3n) is 4.84. The van der Waals surface area contributed by atoms with E-state index in [9.17, 15) is 4.79 Å². The van der Waals surface area contributed by atoms with Crippen molar-refractivity contribution in [1.82, 2.24) is 20.1 Å². The molecule has 1 saturated heterocycles. The summed E-state index contributed by atoms with van der Waals surface area (Å²) in [6, 6.07) is 11.6. The molecule has 0 atom stereocenters. The van der Waals surface area contributed by atoms with Gasteiger partial charge in [-0.2, -0.15) is 0 Å². The maximum atomic E-state index is 12.7. The van der Waals surface area contributed by atoms with Crippen LogP contribution in [0, 0.1) is 0 Å². The largest absolute Gasteiger partial charge is 0.362 e. The lowest BCUT2D eigenvalue weighted by atomic mass is 10.2. The quantitative estimate of drug-likeness (QED) is 0.358. The highest BCUT2D eigenvalue weighted by atomic mass is 127. The minimum atomic E-state index is 0. The minimum absolute atomic E-state index is 0. The molecule has 7 nitrogen and oxygen atoms in total. The number of hydrogen-bond donors (Lipinski definition) is 1. The van der Waals surface area contributed by atoms with E-state index in [0.29, 0.717) is 31.2 Å². The highest BCUT2D eigenvalue weighted by Crippen LogP contribution is 2.15. The average Bonchev–Trinajstić information content (AvgIpc) is 2.72. The molecule has 0 saturated carbocycles. The van der Waals surface area contributed by atoms with Crippen molar-refractivity contribution in [2.45, 2.75) is 13.1 Å². The van der Waals surface area contributed by atoms with E-state index in [4.69, 9.17) is 11.6 Å². The van der Waals surface area contributed by atoms with Gasteiger partial charge in [0.05, 0.1) is 6.54 Å². The van der Waals surface area contributed by atoms with Gasteiger partial charge in [-0.3, -0.25) is 9.79 Å². The first-order valence-electron chi connectivity index (χ1n) is 9.57. The molecule has 1 aromatic carbocycles. The van der Waals surface area contributed by atoms with Gasteiger partial charge in [0.2, 0.25) is 5.91 Å². The number of piperazine rings is 1. The third-order valence-corrected chi connectivity index (χ3v) is 5.10. The number of pyridine rings is 1. The standard InChI is InChI=1S/C21H27ClN6O.HI/c1-23-21(25-13-17-5-4-10-24-20(17)26(2)3)28-12-11-27(19(29)15-28)14-16-6-8-18(22)9-7-16;/h4-10H,11-15H2,1-3H3,(H,23,25);1H. The molecule has 1 N–H and O–H groups in total. The molecular weight excluding hydrogens is 515 g/mol. The first-order valence-corrected chi connectivity index (χ1v) is 9.94. The predicted molar refractivity (Wildman–Crippen MR) is 133 cm³/mol. The average molecular weight is 543 g/mol. The number of anilines is 1. The highest BCUT2D eigenvalue weighted by molar-refractivity contribution is 14.0. The first-order chi connectivity index (χ1) is 14.0. The summed E-state index contributed by atoms with van der Waals surface area (Å²) in [5.74, 6) is 1.72. The minimum Gasteiger partial charge on any atom is -0.362 e. The number of halogens is 2. The highest BCUT2D eigenvalue weighted by Gasteiger charge is 2.26. The lowest BCUT2D eigenvalue weighted by Crippen LogP contribution is -2.54. The fraction of sp³-hybridized carbons (Fsp3) is 0.381. The van der Waals surface area contributed by atoms with Crippen molar-refractivity contribution in [3.63, 3.8) is 0 Å². The Bertz CT molecular complexity index is 874. The van der Waals surface area contributed by atoms with Crippen LogP contribution >= 0.6 is 35.6 Å². The molecule has 1 fully saturated rings. The summed E-state index contributed by atoms with van der Waals surface area (Å²) in [5.41, 5.74) is 2.15. The van der Waals surface area contributed by atoms with Crippen molar-refractivity contribution in [2.24, 2.45) is 4.99 Å². The number of nitrogens with one attached hydrogen (secondary N) is 1. The van der Waals surface area contributed by atoms with Gasteiger partial charge in [0, 0.05) is 64.1 Å². The van der Waals surface area contributed by atoms with Crippen molar-refractivity contribution < 1.29 is 4.79 Å². The molecule has 1 amide bonds. The topological polar surface area (TPSA) is 64.1 Å². The Morgan fingerprint density at radius 1 is 1.23 bits per heavy atom. The lowest BCUT2D eigenvalue weighted by Gasteiger charge is -2.36. The molecule has 1 aromatic heterocycles. The van der Waals surface area contributed by atoms with Crippen molar-refractivity contribution in [2.75, 3.05) is 45.7 Å². The summed E-state index contributed by atoms with van der Waals surface area (Å²) in [7, 11) is 5.68. The maximum absolute atomic E-state index is 12.7. The van der Waals surface area contributed by atoms with Gasteiger partial charge in [-0.1, -0.05) is 29.8 Å². The molecule has 162 valence electrons. The van der Waals surface area contributed by atoms with Crippen LogP contribution in [0.4, 0.5) is 5.82 Å². The van der Waals surface area contributed by atoms with Gasteiger partial charge >= 0.3 is 0 Å². The summed E-state index contributed by atoms with van der Waals surface area (Å²) >= 11 is 5.94. The third kappa shape index (κ3) is 6.21. The second-order valence-corrected chi connectivity index (χ2v) is 7.58. The van der Waals surface area contributed by atoms with Gasteiger partial charge in [-0.25, -0.2) is 4.98 Å². The molecule has 1 aliphatic rings. The van der Waals surface area contributed by atoms with Crippen LogP contribution in [0.3, 0.4) is 0 Å². The van der Waals surface area contributed by atoms with E-state index in [1.807, 2.05) is 65.2 Å². The molecule has 3 rings (SSSR count). The SMILES string of the molecule is CN=C(NCc1cccnc1N(C)C)N1CCN(Cc2ccc(Cl)cc2)C(=O)C1.I. The van der Waals surface area contributed by atoms with Gasteiger partial charge in [0.1, 0.15) is 5.82 Å². The number of rotatable bonds is 5. The number of nitrogens with zero attached hydrogens (tertiary/aromatic N) is 5. The molecular formula is C21H28ClIN6O. The van der Waals surface area contributed by atoms with Crippen molar-refractivity contribution in [1.29, 1.82) is 0 Å². The zero-order valence-corrected chi connectivity index (χ0v) is 20.6. The monoisotopic (exact) mass is 542 g/mol. The van der Waals surface area contributed by atoms with Crippen molar-refractivity contribution in [3.05, 3.63) is 58.7 Å². The summed E-state index contributed by atoms with van der Waals surface area (Å²) in [5, 5.41) is 4.07. The zero-order valence-electron chi connectivity index (χ0n) is 17.5. The van der Waals surface area contributed by atoms with Gasteiger partial charge in [0.15, 0.2) is 5.96 Å². The Balaban J connectivity index is 0.00000320. The van der Waals surface area contributed by atoms with Crippen LogP contribution in [0.15, 0.2) is 47.6 Å². The number of benzene rings is 1. The Morgan fingerprint density at radius 2 is 1.97 bits per heavy atom. The Morgan fingerprint density at radius 3 is 2.60 bits per heavy atom. The Labute approximate surface area is 200 Å². The van der Waals surface area contributed by atoms with E-state index < -0.39 is 0 Å². The van der Waals surface area contributed by atoms with E-state index >= 15 is 0 Å². The van der Waals surface area contributed by atoms with Gasteiger partial charge in [-0.05, 0) is 23.8 Å². The summed E-state index contributed by atoms with van der Waals surface area (Å²) in [4.78, 5) is 27.3. The van der Waals surface area contributed by atoms with Crippen LogP contribution in [0.1, 0.15) is 11.1 Å². The first kappa shape index (κ1) is 24.2. The molecule has 0 radical (unpaired) electrons. The van der Waals surface area contributed by atoms with Crippen LogP contribution in [0.25, 0.3) is 0 Å². The van der Waals surface area contributed by atoms with E-state index in [-0.39, 0.29) is 29.9 Å². The molecule has 1 aliphatic heterocycles.